The summed E-state index contributed by atoms with van der Waals surface area (Å²) in [6, 6.07) is 7.61. The van der Waals surface area contributed by atoms with Gasteiger partial charge in [-0.1, -0.05) is 23.7 Å². The van der Waals surface area contributed by atoms with Gasteiger partial charge in [-0.2, -0.15) is 5.10 Å². The first kappa shape index (κ1) is 14.9. The van der Waals surface area contributed by atoms with Gasteiger partial charge in [-0.15, -0.1) is 0 Å². The van der Waals surface area contributed by atoms with Gasteiger partial charge in [0.2, 0.25) is 0 Å². The van der Waals surface area contributed by atoms with Gasteiger partial charge in [0.1, 0.15) is 5.75 Å². The number of phenols is 1. The van der Waals surface area contributed by atoms with Crippen LogP contribution in [0.1, 0.15) is 23.9 Å². The zero-order chi connectivity index (χ0) is 14.7. The van der Waals surface area contributed by atoms with Gasteiger partial charge in [-0.3, -0.25) is 4.68 Å². The van der Waals surface area contributed by atoms with Crippen molar-refractivity contribution in [1.29, 1.82) is 0 Å². The Hall–Kier alpha value is -1.52. The minimum Gasteiger partial charge on any atom is -0.508 e. The summed E-state index contributed by atoms with van der Waals surface area (Å²) in [6.07, 6.45) is 0.845. The highest BCUT2D eigenvalue weighted by Gasteiger charge is 2.11. The lowest BCUT2D eigenvalue weighted by molar-refractivity contribution is 0.473. The van der Waals surface area contributed by atoms with Crippen molar-refractivity contribution in [1.82, 2.24) is 15.1 Å². The number of aromatic nitrogens is 2. The Labute approximate surface area is 124 Å². The Morgan fingerprint density at radius 2 is 2.20 bits per heavy atom. The second-order valence-electron chi connectivity index (χ2n) is 5.13. The molecule has 2 rings (SSSR count). The van der Waals surface area contributed by atoms with Gasteiger partial charge < -0.3 is 10.4 Å². The van der Waals surface area contributed by atoms with Gasteiger partial charge in [-0.25, -0.2) is 0 Å². The van der Waals surface area contributed by atoms with Crippen molar-refractivity contribution in [2.75, 3.05) is 0 Å². The maximum absolute atomic E-state index is 9.45. The number of nitrogens with zero attached hydrogens (tertiary/aromatic N) is 2. The van der Waals surface area contributed by atoms with Crippen LogP contribution in [0.25, 0.3) is 0 Å². The molecule has 0 aliphatic rings. The first-order chi connectivity index (χ1) is 9.47. The van der Waals surface area contributed by atoms with Crippen LogP contribution >= 0.6 is 11.6 Å². The Morgan fingerprint density at radius 3 is 2.80 bits per heavy atom. The molecule has 0 spiro atoms. The van der Waals surface area contributed by atoms with Gasteiger partial charge in [0.05, 0.1) is 16.4 Å². The number of hydrogen-bond acceptors (Lipinski definition) is 3. The lowest BCUT2D eigenvalue weighted by Gasteiger charge is -2.13. The molecular weight excluding hydrogens is 274 g/mol. The van der Waals surface area contributed by atoms with Gasteiger partial charge in [-0.05, 0) is 38.0 Å². The number of aryl methyl sites for hydroxylation is 1. The maximum atomic E-state index is 9.45. The summed E-state index contributed by atoms with van der Waals surface area (Å²) in [5.41, 5.74) is 2.95. The molecule has 20 heavy (non-hydrogen) atoms. The molecule has 0 aliphatic carbocycles. The van der Waals surface area contributed by atoms with Crippen LogP contribution in [0, 0.1) is 6.92 Å². The molecule has 2 N–H and O–H groups in total. The third kappa shape index (κ3) is 3.52. The highest BCUT2D eigenvalue weighted by atomic mass is 35.5. The van der Waals surface area contributed by atoms with Gasteiger partial charge >= 0.3 is 0 Å². The van der Waals surface area contributed by atoms with Crippen LogP contribution in [-0.4, -0.2) is 20.9 Å². The maximum Gasteiger partial charge on any atom is 0.115 e. The lowest BCUT2D eigenvalue weighted by atomic mass is 10.1. The van der Waals surface area contributed by atoms with Crippen molar-refractivity contribution >= 4 is 11.6 Å². The Kier molecular flexibility index (Phi) is 4.68. The molecule has 0 bridgehead atoms. The summed E-state index contributed by atoms with van der Waals surface area (Å²) in [5, 5.41) is 18.0. The van der Waals surface area contributed by atoms with E-state index in [1.165, 1.54) is 0 Å². The van der Waals surface area contributed by atoms with Crippen LogP contribution in [0.15, 0.2) is 24.3 Å². The monoisotopic (exact) mass is 293 g/mol. The SMILES string of the molecule is Cc1c(Cl)c(CNC(C)Cc2cccc(O)c2)nn1C. The molecule has 0 fully saturated rings. The van der Waals surface area contributed by atoms with Gasteiger partial charge in [0.25, 0.3) is 0 Å². The zero-order valence-electron chi connectivity index (χ0n) is 12.0. The van der Waals surface area contributed by atoms with E-state index in [0.717, 1.165) is 28.4 Å². The van der Waals surface area contributed by atoms with Gasteiger partial charge in [0, 0.05) is 19.6 Å². The van der Waals surface area contributed by atoms with E-state index >= 15 is 0 Å². The number of halogens is 1. The molecule has 4 nitrogen and oxygen atoms in total. The van der Waals surface area contributed by atoms with E-state index in [9.17, 15) is 5.11 Å². The number of nitrogens with one attached hydrogen (secondary N) is 1. The molecule has 0 aliphatic heterocycles. The van der Waals surface area contributed by atoms with E-state index in [0.29, 0.717) is 12.3 Å². The highest BCUT2D eigenvalue weighted by molar-refractivity contribution is 6.31. The van der Waals surface area contributed by atoms with Crippen LogP contribution in [0.4, 0.5) is 0 Å². The molecule has 0 saturated heterocycles. The molecule has 1 unspecified atom stereocenters. The average Bonchev–Trinajstić information content (AvgIpc) is 2.64. The smallest absolute Gasteiger partial charge is 0.115 e. The fourth-order valence-electron chi connectivity index (χ4n) is 2.14. The van der Waals surface area contributed by atoms with Crippen LogP contribution < -0.4 is 5.32 Å². The van der Waals surface area contributed by atoms with Crippen molar-refractivity contribution in [2.24, 2.45) is 7.05 Å². The van der Waals surface area contributed by atoms with Crippen molar-refractivity contribution in [2.45, 2.75) is 32.9 Å². The fourth-order valence-corrected chi connectivity index (χ4v) is 2.37. The number of hydrogen-bond donors (Lipinski definition) is 2. The molecule has 1 heterocycles. The Balaban J connectivity index is 1.92. The minimum absolute atomic E-state index is 0.273. The number of aromatic hydroxyl groups is 1. The standard InChI is InChI=1S/C15H20ClN3O/c1-10(7-12-5-4-6-13(20)8-12)17-9-14-15(16)11(2)19(3)18-14/h4-6,8,10,17,20H,7,9H2,1-3H3. The predicted octanol–water partition coefficient (Wildman–Crippen LogP) is 2.81. The fraction of sp³-hybridized carbons (Fsp3) is 0.400. The summed E-state index contributed by atoms with van der Waals surface area (Å²) in [5.74, 6) is 0.304. The molecule has 0 saturated carbocycles. The summed E-state index contributed by atoms with van der Waals surface area (Å²) in [6.45, 7) is 4.70. The predicted molar refractivity (Wildman–Crippen MR) is 81.1 cm³/mol. The van der Waals surface area contributed by atoms with Gasteiger partial charge in [0.15, 0.2) is 0 Å². The first-order valence-corrected chi connectivity index (χ1v) is 7.04. The third-order valence-corrected chi connectivity index (χ3v) is 3.89. The highest BCUT2D eigenvalue weighted by Crippen LogP contribution is 2.19. The summed E-state index contributed by atoms with van der Waals surface area (Å²) in [7, 11) is 1.89. The van der Waals surface area contributed by atoms with E-state index < -0.39 is 0 Å². The van der Waals surface area contributed by atoms with Crippen molar-refractivity contribution in [3.8, 4) is 5.75 Å². The molecule has 0 amide bonds. The lowest BCUT2D eigenvalue weighted by Crippen LogP contribution is -2.27. The molecule has 1 aromatic carbocycles. The molecule has 0 radical (unpaired) electrons. The van der Waals surface area contributed by atoms with E-state index in [1.807, 2.05) is 26.1 Å². The van der Waals surface area contributed by atoms with Crippen LogP contribution in [-0.2, 0) is 20.0 Å². The average molecular weight is 294 g/mol. The molecule has 1 atom stereocenters. The normalized spacial score (nSPS) is 12.6. The molecule has 108 valence electrons. The van der Waals surface area contributed by atoms with Crippen molar-refractivity contribution in [3.05, 3.63) is 46.2 Å². The van der Waals surface area contributed by atoms with E-state index in [-0.39, 0.29) is 6.04 Å². The topological polar surface area (TPSA) is 50.1 Å². The number of benzene rings is 1. The summed E-state index contributed by atoms with van der Waals surface area (Å²) >= 11 is 6.22. The Morgan fingerprint density at radius 1 is 1.45 bits per heavy atom. The second-order valence-corrected chi connectivity index (χ2v) is 5.50. The molecule has 5 heteroatoms. The Bertz CT molecular complexity index is 595. The van der Waals surface area contributed by atoms with Crippen molar-refractivity contribution < 1.29 is 5.11 Å². The van der Waals surface area contributed by atoms with Crippen LogP contribution in [0.2, 0.25) is 5.02 Å². The minimum atomic E-state index is 0.273. The molecular formula is C15H20ClN3O. The summed E-state index contributed by atoms with van der Waals surface area (Å²) in [4.78, 5) is 0. The zero-order valence-corrected chi connectivity index (χ0v) is 12.8. The summed E-state index contributed by atoms with van der Waals surface area (Å²) < 4.78 is 1.79. The third-order valence-electron chi connectivity index (χ3n) is 3.40. The van der Waals surface area contributed by atoms with Crippen LogP contribution in [0.5, 0.6) is 5.75 Å². The van der Waals surface area contributed by atoms with Crippen LogP contribution in [0.3, 0.4) is 0 Å². The van der Waals surface area contributed by atoms with E-state index in [2.05, 4.69) is 17.3 Å². The molecule has 1 aromatic heterocycles. The van der Waals surface area contributed by atoms with Crippen molar-refractivity contribution in [3.63, 3.8) is 0 Å². The number of rotatable bonds is 5. The van der Waals surface area contributed by atoms with E-state index in [1.54, 1.807) is 16.8 Å². The van der Waals surface area contributed by atoms with E-state index in [4.69, 9.17) is 11.6 Å². The number of phenolic OH excluding ortho intramolecular Hbond substituents is 1. The second kappa shape index (κ2) is 6.29. The molecule has 2 aromatic rings. The first-order valence-electron chi connectivity index (χ1n) is 6.66. The largest absolute Gasteiger partial charge is 0.508 e. The quantitative estimate of drug-likeness (QED) is 0.891.